The summed E-state index contributed by atoms with van der Waals surface area (Å²) in [7, 11) is 0. The van der Waals surface area contributed by atoms with Gasteiger partial charge in [-0.05, 0) is 31.9 Å². The van der Waals surface area contributed by atoms with Gasteiger partial charge in [0.25, 0.3) is 0 Å². The zero-order chi connectivity index (χ0) is 18.2. The van der Waals surface area contributed by atoms with Crippen LogP contribution in [-0.4, -0.2) is 71.3 Å². The van der Waals surface area contributed by atoms with Gasteiger partial charge in [-0.3, -0.25) is 4.79 Å². The standard InChI is InChI=1S/C18H27N3O4/c1-14-2-4-16(5-3-14)19-18(25)21-8-6-15(7-9-21)17(24)20(10-12-22)11-13-23/h2-5,15,22-23H,6-13H2,1H3,(H,19,25). The van der Waals surface area contributed by atoms with E-state index in [4.69, 9.17) is 10.2 Å². The summed E-state index contributed by atoms with van der Waals surface area (Å²) in [4.78, 5) is 28.0. The van der Waals surface area contributed by atoms with Crippen molar-refractivity contribution >= 4 is 17.6 Å². The lowest BCUT2D eigenvalue weighted by molar-refractivity contribution is -0.137. The lowest BCUT2D eigenvalue weighted by Gasteiger charge is -2.34. The zero-order valence-electron chi connectivity index (χ0n) is 14.6. The summed E-state index contributed by atoms with van der Waals surface area (Å²) in [6.45, 7) is 3.23. The topological polar surface area (TPSA) is 93.1 Å². The van der Waals surface area contributed by atoms with E-state index < -0.39 is 0 Å². The van der Waals surface area contributed by atoms with E-state index >= 15 is 0 Å². The second-order valence-corrected chi connectivity index (χ2v) is 6.33. The number of rotatable bonds is 6. The maximum atomic E-state index is 12.5. The molecule has 1 aliphatic heterocycles. The molecule has 0 aromatic heterocycles. The Bertz CT molecular complexity index is 562. The third kappa shape index (κ3) is 5.44. The molecule has 0 unspecified atom stereocenters. The maximum Gasteiger partial charge on any atom is 0.321 e. The fourth-order valence-electron chi connectivity index (χ4n) is 3.00. The van der Waals surface area contributed by atoms with Gasteiger partial charge < -0.3 is 25.3 Å². The minimum Gasteiger partial charge on any atom is -0.395 e. The van der Waals surface area contributed by atoms with Gasteiger partial charge >= 0.3 is 6.03 Å². The number of aliphatic hydroxyl groups is 2. The first-order chi connectivity index (χ1) is 12.0. The number of carbonyl (C=O) groups is 2. The van der Waals surface area contributed by atoms with Crippen molar-refractivity contribution < 1.29 is 19.8 Å². The number of benzene rings is 1. The number of likely N-dealkylation sites (tertiary alicyclic amines) is 1. The summed E-state index contributed by atoms with van der Waals surface area (Å²) >= 11 is 0. The molecule has 1 fully saturated rings. The first kappa shape index (κ1) is 19.2. The molecule has 1 aromatic carbocycles. The van der Waals surface area contributed by atoms with Crippen molar-refractivity contribution in [3.05, 3.63) is 29.8 Å². The number of anilines is 1. The molecule has 0 aliphatic carbocycles. The molecule has 7 heteroatoms. The van der Waals surface area contributed by atoms with Crippen LogP contribution in [0, 0.1) is 12.8 Å². The number of nitrogens with one attached hydrogen (secondary N) is 1. The molecule has 0 bridgehead atoms. The Hall–Kier alpha value is -2.12. The third-order valence-corrected chi connectivity index (χ3v) is 4.49. The average Bonchev–Trinajstić information content (AvgIpc) is 2.63. The molecule has 3 amide bonds. The molecule has 0 radical (unpaired) electrons. The second-order valence-electron chi connectivity index (χ2n) is 6.33. The molecular formula is C18H27N3O4. The van der Waals surface area contributed by atoms with Gasteiger partial charge in [-0.15, -0.1) is 0 Å². The van der Waals surface area contributed by atoms with Gasteiger partial charge in [0.2, 0.25) is 5.91 Å². The van der Waals surface area contributed by atoms with E-state index in [9.17, 15) is 9.59 Å². The van der Waals surface area contributed by atoms with Crippen LogP contribution >= 0.6 is 0 Å². The molecular weight excluding hydrogens is 322 g/mol. The largest absolute Gasteiger partial charge is 0.395 e. The molecule has 1 aromatic rings. The molecule has 1 heterocycles. The van der Waals surface area contributed by atoms with Crippen LogP contribution in [0.2, 0.25) is 0 Å². The Kier molecular flexibility index (Phi) is 7.21. The van der Waals surface area contributed by atoms with Crippen LogP contribution in [0.3, 0.4) is 0 Å². The number of hydrogen-bond donors (Lipinski definition) is 3. The highest BCUT2D eigenvalue weighted by Gasteiger charge is 2.30. The summed E-state index contributed by atoms with van der Waals surface area (Å²) in [5.74, 6) is -0.219. The Morgan fingerprint density at radius 3 is 2.20 bits per heavy atom. The molecule has 138 valence electrons. The first-order valence-corrected chi connectivity index (χ1v) is 8.68. The second kappa shape index (κ2) is 9.39. The van der Waals surface area contributed by atoms with Crippen molar-refractivity contribution in [3.8, 4) is 0 Å². The van der Waals surface area contributed by atoms with Crippen molar-refractivity contribution in [1.82, 2.24) is 9.80 Å². The van der Waals surface area contributed by atoms with Crippen molar-refractivity contribution in [2.45, 2.75) is 19.8 Å². The number of piperidine rings is 1. The van der Waals surface area contributed by atoms with Gasteiger partial charge in [0.1, 0.15) is 0 Å². The molecule has 1 aliphatic rings. The molecule has 3 N–H and O–H groups in total. The minimum absolute atomic E-state index is 0.0540. The quantitative estimate of drug-likeness (QED) is 0.716. The Labute approximate surface area is 148 Å². The number of aliphatic hydroxyl groups excluding tert-OH is 2. The predicted molar refractivity (Wildman–Crippen MR) is 95.2 cm³/mol. The summed E-state index contributed by atoms with van der Waals surface area (Å²) in [6.07, 6.45) is 1.18. The molecule has 1 saturated heterocycles. The minimum atomic E-state index is -0.165. The van der Waals surface area contributed by atoms with Crippen molar-refractivity contribution in [3.63, 3.8) is 0 Å². The van der Waals surface area contributed by atoms with Crippen LogP contribution in [0.4, 0.5) is 10.5 Å². The summed E-state index contributed by atoms with van der Waals surface area (Å²) in [5, 5.41) is 21.0. The van der Waals surface area contributed by atoms with Crippen LogP contribution in [-0.2, 0) is 4.79 Å². The van der Waals surface area contributed by atoms with E-state index in [1.165, 1.54) is 4.90 Å². The average molecular weight is 349 g/mol. The lowest BCUT2D eigenvalue weighted by atomic mass is 9.95. The van der Waals surface area contributed by atoms with Gasteiger partial charge in [0.15, 0.2) is 0 Å². The van der Waals surface area contributed by atoms with Crippen LogP contribution in [0.25, 0.3) is 0 Å². The highest BCUT2D eigenvalue weighted by Crippen LogP contribution is 2.20. The fraction of sp³-hybridized carbons (Fsp3) is 0.556. The van der Waals surface area contributed by atoms with E-state index in [2.05, 4.69) is 5.32 Å². The van der Waals surface area contributed by atoms with E-state index in [1.807, 2.05) is 31.2 Å². The normalized spacial score (nSPS) is 15.1. The maximum absolute atomic E-state index is 12.5. The molecule has 7 nitrogen and oxygen atoms in total. The van der Waals surface area contributed by atoms with Gasteiger partial charge in [-0.1, -0.05) is 17.7 Å². The van der Waals surface area contributed by atoms with Gasteiger partial charge in [0.05, 0.1) is 13.2 Å². The number of carbonyl (C=O) groups excluding carboxylic acids is 2. The lowest BCUT2D eigenvalue weighted by Crippen LogP contribution is -2.46. The highest BCUT2D eigenvalue weighted by molar-refractivity contribution is 5.89. The number of hydrogen-bond acceptors (Lipinski definition) is 4. The monoisotopic (exact) mass is 349 g/mol. The highest BCUT2D eigenvalue weighted by atomic mass is 16.3. The Morgan fingerprint density at radius 1 is 1.12 bits per heavy atom. The molecule has 0 atom stereocenters. The molecule has 2 rings (SSSR count). The van der Waals surface area contributed by atoms with E-state index in [0.29, 0.717) is 25.9 Å². The summed E-state index contributed by atoms with van der Waals surface area (Å²) in [6, 6.07) is 7.46. The summed E-state index contributed by atoms with van der Waals surface area (Å²) < 4.78 is 0. The number of urea groups is 1. The van der Waals surface area contributed by atoms with Crippen molar-refractivity contribution in [2.75, 3.05) is 44.7 Å². The van der Waals surface area contributed by atoms with Crippen LogP contribution in [0.1, 0.15) is 18.4 Å². The SMILES string of the molecule is Cc1ccc(NC(=O)N2CCC(C(=O)N(CCO)CCO)CC2)cc1. The number of aryl methyl sites for hydroxylation is 1. The van der Waals surface area contributed by atoms with Crippen LogP contribution < -0.4 is 5.32 Å². The van der Waals surface area contributed by atoms with E-state index in [1.54, 1.807) is 4.90 Å². The van der Waals surface area contributed by atoms with E-state index in [-0.39, 0.29) is 44.2 Å². The predicted octanol–water partition coefficient (Wildman–Crippen LogP) is 1.05. The smallest absolute Gasteiger partial charge is 0.321 e. The van der Waals surface area contributed by atoms with Crippen LogP contribution in [0.5, 0.6) is 0 Å². The first-order valence-electron chi connectivity index (χ1n) is 8.68. The number of nitrogens with zero attached hydrogens (tertiary/aromatic N) is 2. The Balaban J connectivity index is 1.84. The van der Waals surface area contributed by atoms with Crippen molar-refractivity contribution in [1.29, 1.82) is 0 Å². The fourth-order valence-corrected chi connectivity index (χ4v) is 3.00. The summed E-state index contributed by atoms with van der Waals surface area (Å²) in [5.41, 5.74) is 1.89. The number of amides is 3. The van der Waals surface area contributed by atoms with E-state index in [0.717, 1.165) is 11.3 Å². The zero-order valence-corrected chi connectivity index (χ0v) is 14.6. The molecule has 0 saturated carbocycles. The molecule has 0 spiro atoms. The van der Waals surface area contributed by atoms with Crippen molar-refractivity contribution in [2.24, 2.45) is 5.92 Å². The third-order valence-electron chi connectivity index (χ3n) is 4.49. The van der Waals surface area contributed by atoms with Gasteiger partial charge in [0, 0.05) is 37.8 Å². The van der Waals surface area contributed by atoms with Crippen LogP contribution in [0.15, 0.2) is 24.3 Å². The van der Waals surface area contributed by atoms with Gasteiger partial charge in [-0.25, -0.2) is 4.79 Å². The molecule has 25 heavy (non-hydrogen) atoms. The Morgan fingerprint density at radius 2 is 1.68 bits per heavy atom. The van der Waals surface area contributed by atoms with Gasteiger partial charge in [-0.2, -0.15) is 0 Å².